The average molecular weight is 288 g/mol. The minimum atomic E-state index is -1.16. The Balaban J connectivity index is 2.66. The van der Waals surface area contributed by atoms with Crippen molar-refractivity contribution in [1.82, 2.24) is 0 Å². The van der Waals surface area contributed by atoms with Crippen LogP contribution in [0.15, 0.2) is 36.4 Å². The van der Waals surface area contributed by atoms with Crippen LogP contribution in [0.4, 0.5) is 4.39 Å². The van der Waals surface area contributed by atoms with Crippen LogP contribution in [-0.4, -0.2) is 24.2 Å². The van der Waals surface area contributed by atoms with Crippen LogP contribution in [0.2, 0.25) is 0 Å². The lowest BCUT2D eigenvalue weighted by molar-refractivity contribution is 0.0600. The number of halogens is 1. The van der Waals surface area contributed by atoms with Crippen molar-refractivity contribution in [3.63, 3.8) is 0 Å². The molecule has 0 bridgehead atoms. The van der Waals surface area contributed by atoms with Crippen molar-refractivity contribution in [3.8, 4) is 11.1 Å². The molecule has 0 aliphatic rings. The lowest BCUT2D eigenvalue weighted by atomic mass is 9.96. The zero-order chi connectivity index (χ0) is 15.6. The molecule has 0 aliphatic heterocycles. The monoisotopic (exact) mass is 288 g/mol. The summed E-state index contributed by atoms with van der Waals surface area (Å²) < 4.78 is 18.6. The maximum absolute atomic E-state index is 14.0. The fourth-order valence-electron chi connectivity index (χ4n) is 2.05. The Hall–Kier alpha value is -2.69. The molecular weight excluding hydrogens is 275 g/mol. The summed E-state index contributed by atoms with van der Waals surface area (Å²) >= 11 is 0. The van der Waals surface area contributed by atoms with Gasteiger partial charge < -0.3 is 9.84 Å². The molecular formula is C16H13FO4. The van der Waals surface area contributed by atoms with Gasteiger partial charge in [0.15, 0.2) is 0 Å². The van der Waals surface area contributed by atoms with Crippen molar-refractivity contribution in [3.05, 3.63) is 58.9 Å². The highest BCUT2D eigenvalue weighted by Crippen LogP contribution is 2.28. The normalized spacial score (nSPS) is 10.2. The van der Waals surface area contributed by atoms with Gasteiger partial charge in [-0.05, 0) is 36.8 Å². The van der Waals surface area contributed by atoms with E-state index in [4.69, 9.17) is 0 Å². The van der Waals surface area contributed by atoms with E-state index in [0.29, 0.717) is 0 Å². The maximum atomic E-state index is 14.0. The number of aryl methyl sites for hydroxylation is 1. The zero-order valence-corrected chi connectivity index (χ0v) is 11.5. The lowest BCUT2D eigenvalue weighted by Gasteiger charge is -2.10. The first-order valence-corrected chi connectivity index (χ1v) is 6.16. The molecule has 0 saturated heterocycles. The third-order valence-electron chi connectivity index (χ3n) is 3.08. The maximum Gasteiger partial charge on any atom is 0.337 e. The smallest absolute Gasteiger partial charge is 0.337 e. The summed E-state index contributed by atoms with van der Waals surface area (Å²) in [6.45, 7) is 1.75. The number of esters is 1. The van der Waals surface area contributed by atoms with Gasteiger partial charge in [-0.2, -0.15) is 0 Å². The minimum absolute atomic E-state index is 0.0177. The summed E-state index contributed by atoms with van der Waals surface area (Å²) in [5, 5.41) is 9.25. The van der Waals surface area contributed by atoms with Crippen LogP contribution in [0.3, 0.4) is 0 Å². The molecule has 0 fully saturated rings. The van der Waals surface area contributed by atoms with E-state index in [1.165, 1.54) is 31.4 Å². The van der Waals surface area contributed by atoms with E-state index in [1.54, 1.807) is 13.0 Å². The third-order valence-corrected chi connectivity index (χ3v) is 3.08. The number of benzene rings is 2. The molecule has 2 aromatic rings. The van der Waals surface area contributed by atoms with E-state index in [-0.39, 0.29) is 22.3 Å². The van der Waals surface area contributed by atoms with Crippen LogP contribution in [-0.2, 0) is 4.74 Å². The van der Waals surface area contributed by atoms with Gasteiger partial charge in [0.05, 0.1) is 18.2 Å². The molecule has 21 heavy (non-hydrogen) atoms. The van der Waals surface area contributed by atoms with Gasteiger partial charge >= 0.3 is 11.9 Å². The Morgan fingerprint density at radius 3 is 2.43 bits per heavy atom. The van der Waals surface area contributed by atoms with E-state index < -0.39 is 17.8 Å². The van der Waals surface area contributed by atoms with Crippen molar-refractivity contribution >= 4 is 11.9 Å². The number of carboxylic acid groups (broad SMARTS) is 1. The number of ether oxygens (including phenoxy) is 1. The molecule has 5 heteroatoms. The van der Waals surface area contributed by atoms with Crippen molar-refractivity contribution in [2.24, 2.45) is 0 Å². The quantitative estimate of drug-likeness (QED) is 0.880. The Labute approximate surface area is 120 Å². The summed E-state index contributed by atoms with van der Waals surface area (Å²) in [4.78, 5) is 22.8. The molecule has 0 radical (unpaired) electrons. The van der Waals surface area contributed by atoms with E-state index in [2.05, 4.69) is 4.74 Å². The molecule has 0 unspecified atom stereocenters. The van der Waals surface area contributed by atoms with E-state index in [0.717, 1.165) is 11.6 Å². The number of carbonyl (C=O) groups is 2. The Bertz CT molecular complexity index is 722. The highest BCUT2D eigenvalue weighted by molar-refractivity contribution is 5.97. The Morgan fingerprint density at radius 1 is 1.10 bits per heavy atom. The van der Waals surface area contributed by atoms with Gasteiger partial charge in [-0.1, -0.05) is 17.7 Å². The van der Waals surface area contributed by atoms with Gasteiger partial charge in [0, 0.05) is 5.56 Å². The highest BCUT2D eigenvalue weighted by atomic mass is 19.1. The molecule has 0 atom stereocenters. The minimum Gasteiger partial charge on any atom is -0.478 e. The summed E-state index contributed by atoms with van der Waals surface area (Å²) in [6.07, 6.45) is 0. The average Bonchev–Trinajstić information content (AvgIpc) is 2.47. The van der Waals surface area contributed by atoms with E-state index >= 15 is 0 Å². The summed E-state index contributed by atoms with van der Waals surface area (Å²) in [5.74, 6) is -2.37. The summed E-state index contributed by atoms with van der Waals surface area (Å²) in [7, 11) is 1.22. The number of hydrogen-bond donors (Lipinski definition) is 1. The summed E-state index contributed by atoms with van der Waals surface area (Å²) in [5.41, 5.74) is 1.16. The first-order valence-electron chi connectivity index (χ1n) is 6.16. The number of carbonyl (C=O) groups excluding carboxylic acids is 1. The van der Waals surface area contributed by atoms with E-state index in [9.17, 15) is 19.1 Å². The molecule has 1 N–H and O–H groups in total. The second-order valence-corrected chi connectivity index (χ2v) is 4.54. The first kappa shape index (κ1) is 14.7. The van der Waals surface area contributed by atoms with Crippen LogP contribution < -0.4 is 0 Å². The topological polar surface area (TPSA) is 63.6 Å². The summed E-state index contributed by atoms with van der Waals surface area (Å²) in [6, 6.07) is 8.37. The molecule has 0 heterocycles. The SMILES string of the molecule is COC(=O)c1ccc(F)c(-c2ccc(C)cc2C(=O)O)c1. The van der Waals surface area contributed by atoms with Gasteiger partial charge in [0.1, 0.15) is 5.82 Å². The molecule has 0 aromatic heterocycles. The first-order chi connectivity index (χ1) is 9.93. The van der Waals surface area contributed by atoms with Crippen LogP contribution in [0, 0.1) is 12.7 Å². The van der Waals surface area contributed by atoms with Crippen molar-refractivity contribution in [2.75, 3.05) is 7.11 Å². The largest absolute Gasteiger partial charge is 0.478 e. The lowest BCUT2D eigenvalue weighted by Crippen LogP contribution is -2.04. The molecule has 2 aromatic carbocycles. The fraction of sp³-hybridized carbons (Fsp3) is 0.125. The molecule has 0 spiro atoms. The van der Waals surface area contributed by atoms with Gasteiger partial charge in [-0.3, -0.25) is 0 Å². The van der Waals surface area contributed by atoms with Crippen LogP contribution in [0.25, 0.3) is 11.1 Å². The molecule has 0 saturated carbocycles. The Morgan fingerprint density at radius 2 is 1.81 bits per heavy atom. The molecule has 108 valence electrons. The van der Waals surface area contributed by atoms with Crippen LogP contribution >= 0.6 is 0 Å². The zero-order valence-electron chi connectivity index (χ0n) is 11.5. The van der Waals surface area contributed by atoms with Crippen molar-refractivity contribution in [1.29, 1.82) is 0 Å². The Kier molecular flexibility index (Phi) is 4.03. The second-order valence-electron chi connectivity index (χ2n) is 4.54. The van der Waals surface area contributed by atoms with Gasteiger partial charge in [-0.15, -0.1) is 0 Å². The number of rotatable bonds is 3. The number of carboxylic acids is 1. The van der Waals surface area contributed by atoms with Crippen molar-refractivity contribution < 1.29 is 23.8 Å². The van der Waals surface area contributed by atoms with E-state index in [1.807, 2.05) is 0 Å². The predicted molar refractivity (Wildman–Crippen MR) is 74.9 cm³/mol. The number of aromatic carboxylic acids is 1. The fourth-order valence-corrected chi connectivity index (χ4v) is 2.05. The molecule has 2 rings (SSSR count). The van der Waals surface area contributed by atoms with Crippen LogP contribution in [0.5, 0.6) is 0 Å². The van der Waals surface area contributed by atoms with Crippen molar-refractivity contribution in [2.45, 2.75) is 6.92 Å². The number of methoxy groups -OCH3 is 1. The van der Waals surface area contributed by atoms with Gasteiger partial charge in [-0.25, -0.2) is 14.0 Å². The second kappa shape index (κ2) is 5.75. The standard InChI is InChI=1S/C16H13FO4/c1-9-3-5-11(13(7-9)15(18)19)12-8-10(16(20)21-2)4-6-14(12)17/h3-8H,1-2H3,(H,18,19). The van der Waals surface area contributed by atoms with Gasteiger partial charge in [0.25, 0.3) is 0 Å². The van der Waals surface area contributed by atoms with Gasteiger partial charge in [0.2, 0.25) is 0 Å². The number of hydrogen-bond acceptors (Lipinski definition) is 3. The van der Waals surface area contributed by atoms with Crippen LogP contribution in [0.1, 0.15) is 26.3 Å². The predicted octanol–water partition coefficient (Wildman–Crippen LogP) is 3.29. The molecule has 0 amide bonds. The third kappa shape index (κ3) is 2.91. The molecule has 0 aliphatic carbocycles. The highest BCUT2D eigenvalue weighted by Gasteiger charge is 2.17. The molecule has 4 nitrogen and oxygen atoms in total.